The van der Waals surface area contributed by atoms with Crippen LogP contribution in [0.1, 0.15) is 38.2 Å². The predicted molar refractivity (Wildman–Crippen MR) is 164 cm³/mol. The highest BCUT2D eigenvalue weighted by molar-refractivity contribution is 7.85. The smallest absolute Gasteiger partial charge is 0.319 e. The molecule has 4 aromatic rings. The molecule has 2 aromatic carbocycles. The van der Waals surface area contributed by atoms with Gasteiger partial charge in [0.25, 0.3) is 10.1 Å². The third-order valence-electron chi connectivity index (χ3n) is 8.89. The minimum atomic E-state index is -4.20. The zero-order valence-electron chi connectivity index (χ0n) is 24.9. The van der Waals surface area contributed by atoms with Crippen LogP contribution in [0.5, 0.6) is 11.8 Å². The number of alkyl halides is 1. The molecule has 2 atom stereocenters. The molecule has 2 N–H and O–H groups in total. The van der Waals surface area contributed by atoms with Crippen molar-refractivity contribution >= 4 is 37.6 Å². The highest BCUT2D eigenvalue weighted by atomic mass is 32.2. The van der Waals surface area contributed by atoms with Crippen molar-refractivity contribution in [3.05, 3.63) is 47.7 Å². The highest BCUT2D eigenvalue weighted by Gasteiger charge is 2.49. The van der Waals surface area contributed by atoms with Crippen LogP contribution in [0.4, 0.5) is 19.0 Å². The van der Waals surface area contributed by atoms with Crippen molar-refractivity contribution < 1.29 is 36.0 Å². The molecule has 14 heteroatoms. The first kappa shape index (κ1) is 31.2. The lowest BCUT2D eigenvalue weighted by Gasteiger charge is -2.31. The van der Waals surface area contributed by atoms with E-state index in [1.165, 1.54) is 30.5 Å². The Morgan fingerprint density at radius 2 is 2.02 bits per heavy atom. The van der Waals surface area contributed by atoms with Crippen molar-refractivity contribution in [3.63, 3.8) is 0 Å². The lowest BCUT2D eigenvalue weighted by Crippen LogP contribution is -2.43. The quantitative estimate of drug-likeness (QED) is 0.226. The molecule has 2 aromatic heterocycles. The fraction of sp³-hybridized carbons (Fsp3) is 0.452. The van der Waals surface area contributed by atoms with Gasteiger partial charge in [0.1, 0.15) is 41.4 Å². The fourth-order valence-corrected chi connectivity index (χ4v) is 7.33. The van der Waals surface area contributed by atoms with Gasteiger partial charge in [-0.2, -0.15) is 18.4 Å². The number of aromatic hydroxyl groups is 1. The Morgan fingerprint density at radius 3 is 2.78 bits per heavy atom. The van der Waals surface area contributed by atoms with Gasteiger partial charge in [-0.1, -0.05) is 13.0 Å². The number of nitrogens with zero attached hydrogens (tertiary/aromatic N) is 5. The Hall–Kier alpha value is -3.75. The molecule has 6 rings (SSSR count). The summed E-state index contributed by atoms with van der Waals surface area (Å²) in [5, 5.41) is 11.6. The second-order valence-corrected chi connectivity index (χ2v) is 13.5. The summed E-state index contributed by atoms with van der Waals surface area (Å²) < 4.78 is 83.7. The highest BCUT2D eigenvalue weighted by Crippen LogP contribution is 2.41. The van der Waals surface area contributed by atoms with Gasteiger partial charge in [0, 0.05) is 38.3 Å². The van der Waals surface area contributed by atoms with E-state index >= 15 is 4.39 Å². The van der Waals surface area contributed by atoms with E-state index < -0.39 is 39.2 Å². The SMILES string of the molecule is CCc1c(F)ccc2cc(O)cc(-c3ncc4c(N(C)CCCS(=O)(=O)O)nc(OC[C@@]56CCCN5C[C@H](F)C6)nc4c3F)c12. The molecule has 0 saturated carbocycles. The summed E-state index contributed by atoms with van der Waals surface area (Å²) in [5.41, 5.74) is -0.293. The molecule has 4 heterocycles. The lowest BCUT2D eigenvalue weighted by atomic mass is 9.94. The summed E-state index contributed by atoms with van der Waals surface area (Å²) in [6, 6.07) is 5.47. The van der Waals surface area contributed by atoms with Gasteiger partial charge < -0.3 is 14.7 Å². The second-order valence-electron chi connectivity index (χ2n) is 11.9. The van der Waals surface area contributed by atoms with E-state index in [1.807, 2.05) is 0 Å². The van der Waals surface area contributed by atoms with E-state index in [-0.39, 0.29) is 59.3 Å². The number of anilines is 1. The largest absolute Gasteiger partial charge is 0.508 e. The summed E-state index contributed by atoms with van der Waals surface area (Å²) >= 11 is 0. The summed E-state index contributed by atoms with van der Waals surface area (Å²) in [6.45, 7) is 3.09. The van der Waals surface area contributed by atoms with Gasteiger partial charge in [-0.25, -0.2) is 13.2 Å². The molecule has 0 aliphatic carbocycles. The zero-order valence-corrected chi connectivity index (χ0v) is 25.7. The maximum absolute atomic E-state index is 16.6. The van der Waals surface area contributed by atoms with E-state index in [1.54, 1.807) is 18.9 Å². The number of phenols is 1. The number of pyridine rings is 1. The van der Waals surface area contributed by atoms with Crippen molar-refractivity contribution in [2.24, 2.45) is 0 Å². The van der Waals surface area contributed by atoms with Gasteiger partial charge in [0.2, 0.25) is 0 Å². The van der Waals surface area contributed by atoms with Crippen LogP contribution in [-0.2, 0) is 16.5 Å². The van der Waals surface area contributed by atoms with Gasteiger partial charge in [0.15, 0.2) is 5.82 Å². The molecular formula is C31H34F3N5O5S. The first-order valence-electron chi connectivity index (χ1n) is 14.9. The molecule has 0 unspecified atom stereocenters. The molecule has 2 aliphatic heterocycles. The number of phenolic OH excluding ortho intramolecular Hbond substituents is 1. The fourth-order valence-electron chi connectivity index (χ4n) is 6.83. The average molecular weight is 646 g/mol. The van der Waals surface area contributed by atoms with E-state index in [0.29, 0.717) is 35.7 Å². The molecule has 0 radical (unpaired) electrons. The molecule has 10 nitrogen and oxygen atoms in total. The Bertz CT molecular complexity index is 1900. The maximum Gasteiger partial charge on any atom is 0.319 e. The molecule has 240 valence electrons. The van der Waals surface area contributed by atoms with Crippen LogP contribution < -0.4 is 9.64 Å². The van der Waals surface area contributed by atoms with Crippen molar-refractivity contribution in [2.45, 2.75) is 50.7 Å². The number of aromatic nitrogens is 3. The molecule has 2 fully saturated rings. The van der Waals surface area contributed by atoms with E-state index in [4.69, 9.17) is 4.74 Å². The van der Waals surface area contributed by atoms with Crippen LogP contribution in [0, 0.1) is 11.6 Å². The van der Waals surface area contributed by atoms with Gasteiger partial charge in [-0.15, -0.1) is 0 Å². The van der Waals surface area contributed by atoms with Crippen LogP contribution in [0.15, 0.2) is 30.5 Å². The normalized spacial score (nSPS) is 20.3. The van der Waals surface area contributed by atoms with Crippen LogP contribution in [0.25, 0.3) is 32.9 Å². The van der Waals surface area contributed by atoms with Crippen LogP contribution >= 0.6 is 0 Å². The standard InChI is InChI=1S/C31H34F3N5O5S/c1-3-21-24(33)7-6-18-12-20(40)13-22(25(18)21)27-26(34)28-23(15-35-27)29(38(2)9-5-11-45(41,42)43)37-30(36-28)44-17-31-8-4-10-39(31)16-19(32)14-31/h6-7,12-13,15,19,40H,3-5,8-11,14,16-17H2,1-2H3,(H,41,42,43)/t19-,31+/m1/s1. The van der Waals surface area contributed by atoms with E-state index in [9.17, 15) is 26.9 Å². The van der Waals surface area contributed by atoms with Crippen molar-refractivity contribution in [3.8, 4) is 23.0 Å². The Morgan fingerprint density at radius 1 is 1.22 bits per heavy atom. The van der Waals surface area contributed by atoms with Crippen LogP contribution in [0.3, 0.4) is 0 Å². The number of hydrogen-bond donors (Lipinski definition) is 2. The molecule has 2 aliphatic rings. The first-order chi connectivity index (χ1) is 21.4. The predicted octanol–water partition coefficient (Wildman–Crippen LogP) is 5.06. The van der Waals surface area contributed by atoms with Gasteiger partial charge in [-0.3, -0.25) is 14.4 Å². The van der Waals surface area contributed by atoms with Crippen molar-refractivity contribution in [2.75, 3.05) is 43.9 Å². The number of rotatable bonds is 10. The number of fused-ring (bicyclic) bond motifs is 3. The third kappa shape index (κ3) is 5.98. The molecular weight excluding hydrogens is 611 g/mol. The average Bonchev–Trinajstić information content (AvgIpc) is 3.51. The summed E-state index contributed by atoms with van der Waals surface area (Å²) in [4.78, 5) is 17.0. The third-order valence-corrected chi connectivity index (χ3v) is 9.70. The first-order valence-corrected chi connectivity index (χ1v) is 16.5. The Balaban J connectivity index is 1.47. The monoisotopic (exact) mass is 645 g/mol. The molecule has 2 saturated heterocycles. The Labute approximate surface area is 258 Å². The minimum absolute atomic E-state index is 0.0572. The minimum Gasteiger partial charge on any atom is -0.508 e. The number of hydrogen-bond acceptors (Lipinski definition) is 9. The summed E-state index contributed by atoms with van der Waals surface area (Å²) in [5.74, 6) is -1.74. The topological polar surface area (TPSA) is 129 Å². The van der Waals surface area contributed by atoms with Gasteiger partial charge >= 0.3 is 6.01 Å². The second kappa shape index (κ2) is 11.9. The molecule has 0 amide bonds. The van der Waals surface area contributed by atoms with Crippen LogP contribution in [0.2, 0.25) is 0 Å². The van der Waals surface area contributed by atoms with Crippen molar-refractivity contribution in [1.82, 2.24) is 19.9 Å². The van der Waals surface area contributed by atoms with Crippen LogP contribution in [-0.4, -0.2) is 88.7 Å². The lowest BCUT2D eigenvalue weighted by molar-refractivity contribution is 0.107. The molecule has 0 bridgehead atoms. The number of benzene rings is 2. The Kier molecular flexibility index (Phi) is 8.25. The molecule has 0 spiro atoms. The number of aryl methyl sites for hydroxylation is 1. The number of halogens is 3. The van der Waals surface area contributed by atoms with Crippen molar-refractivity contribution in [1.29, 1.82) is 0 Å². The van der Waals surface area contributed by atoms with Gasteiger partial charge in [0.05, 0.1) is 16.7 Å². The molecule has 45 heavy (non-hydrogen) atoms. The van der Waals surface area contributed by atoms with E-state index in [0.717, 1.165) is 19.4 Å². The summed E-state index contributed by atoms with van der Waals surface area (Å²) in [6.07, 6.45) is 2.72. The maximum atomic E-state index is 16.6. The van der Waals surface area contributed by atoms with E-state index in [2.05, 4.69) is 19.9 Å². The number of ether oxygens (including phenoxy) is 1. The zero-order chi connectivity index (χ0) is 32.1. The summed E-state index contributed by atoms with van der Waals surface area (Å²) in [7, 11) is -2.57. The van der Waals surface area contributed by atoms with Gasteiger partial charge in [-0.05, 0) is 66.8 Å².